The van der Waals surface area contributed by atoms with Gasteiger partial charge in [0.15, 0.2) is 0 Å². The molecule has 0 bridgehead atoms. The third kappa shape index (κ3) is 3.12. The first-order valence-electron chi connectivity index (χ1n) is 5.60. The molecule has 19 heavy (non-hydrogen) atoms. The molecule has 5 heteroatoms. The van der Waals surface area contributed by atoms with Crippen molar-refractivity contribution in [2.45, 2.75) is 6.92 Å². The number of carbonyl (C=O) groups is 1. The average molecular weight is 323 g/mol. The maximum absolute atomic E-state index is 13.0. The number of amides is 1. The van der Waals surface area contributed by atoms with Gasteiger partial charge in [0, 0.05) is 15.7 Å². The number of nitrogens with one attached hydrogen (secondary N) is 1. The van der Waals surface area contributed by atoms with E-state index in [1.807, 2.05) is 19.1 Å². The molecule has 98 valence electrons. The second-order valence-corrected chi connectivity index (χ2v) is 5.07. The minimum atomic E-state index is -0.503. The van der Waals surface area contributed by atoms with Crippen LogP contribution in [0, 0.1) is 12.7 Å². The zero-order valence-electron chi connectivity index (χ0n) is 10.2. The molecule has 0 atom stereocenters. The van der Waals surface area contributed by atoms with Crippen LogP contribution < -0.4 is 11.1 Å². The number of halogens is 2. The smallest absolute Gasteiger partial charge is 0.255 e. The zero-order chi connectivity index (χ0) is 14.0. The Bertz CT molecular complexity index is 643. The van der Waals surface area contributed by atoms with Crippen molar-refractivity contribution in [2.24, 2.45) is 0 Å². The summed E-state index contributed by atoms with van der Waals surface area (Å²) < 4.78 is 13.9. The summed E-state index contributed by atoms with van der Waals surface area (Å²) >= 11 is 3.32. The predicted octanol–water partition coefficient (Wildman–Crippen LogP) is 3.73. The highest BCUT2D eigenvalue weighted by Crippen LogP contribution is 2.20. The van der Waals surface area contributed by atoms with Gasteiger partial charge in [0.05, 0.1) is 5.69 Å². The number of carbonyl (C=O) groups excluding carboxylic acids is 1. The van der Waals surface area contributed by atoms with Gasteiger partial charge in [0.25, 0.3) is 5.91 Å². The van der Waals surface area contributed by atoms with E-state index in [-0.39, 0.29) is 11.6 Å². The van der Waals surface area contributed by atoms with E-state index in [9.17, 15) is 9.18 Å². The third-order valence-electron chi connectivity index (χ3n) is 2.70. The minimum absolute atomic E-state index is 0.00349. The maximum atomic E-state index is 13.0. The standard InChI is InChI=1S/C14H12BrFN2O/c1-8-2-3-9(15)6-11(8)14(19)18-10-4-5-12(16)13(17)7-10/h2-7H,17H2,1H3,(H,18,19). The summed E-state index contributed by atoms with van der Waals surface area (Å²) in [6.07, 6.45) is 0. The molecule has 2 rings (SSSR count). The number of nitrogen functional groups attached to an aromatic ring is 1. The van der Waals surface area contributed by atoms with Gasteiger partial charge in [-0.05, 0) is 42.8 Å². The van der Waals surface area contributed by atoms with Crippen LogP contribution in [0.25, 0.3) is 0 Å². The topological polar surface area (TPSA) is 55.1 Å². The van der Waals surface area contributed by atoms with Crippen molar-refractivity contribution in [3.05, 3.63) is 57.8 Å². The number of anilines is 2. The Morgan fingerprint density at radius 3 is 2.68 bits per heavy atom. The second kappa shape index (κ2) is 5.40. The van der Waals surface area contributed by atoms with Crippen molar-refractivity contribution in [3.8, 4) is 0 Å². The first-order valence-corrected chi connectivity index (χ1v) is 6.39. The van der Waals surface area contributed by atoms with E-state index in [1.54, 1.807) is 6.07 Å². The third-order valence-corrected chi connectivity index (χ3v) is 3.19. The Morgan fingerprint density at radius 2 is 2.00 bits per heavy atom. The minimum Gasteiger partial charge on any atom is -0.396 e. The SMILES string of the molecule is Cc1ccc(Br)cc1C(=O)Nc1ccc(F)c(N)c1. The fraction of sp³-hybridized carbons (Fsp3) is 0.0714. The van der Waals surface area contributed by atoms with Gasteiger partial charge in [-0.2, -0.15) is 0 Å². The largest absolute Gasteiger partial charge is 0.396 e. The molecule has 0 unspecified atom stereocenters. The van der Waals surface area contributed by atoms with Gasteiger partial charge in [0.1, 0.15) is 5.82 Å². The van der Waals surface area contributed by atoms with Crippen molar-refractivity contribution >= 4 is 33.2 Å². The first kappa shape index (κ1) is 13.5. The monoisotopic (exact) mass is 322 g/mol. The number of nitrogens with two attached hydrogens (primary N) is 1. The summed E-state index contributed by atoms with van der Waals surface area (Å²) in [5.74, 6) is -0.763. The molecular formula is C14H12BrFN2O. The van der Waals surface area contributed by atoms with Crippen LogP contribution in [0.15, 0.2) is 40.9 Å². The Kier molecular flexibility index (Phi) is 3.85. The van der Waals surface area contributed by atoms with Crippen LogP contribution in [0.2, 0.25) is 0 Å². The van der Waals surface area contributed by atoms with Crippen LogP contribution in [-0.4, -0.2) is 5.91 Å². The quantitative estimate of drug-likeness (QED) is 0.828. The lowest BCUT2D eigenvalue weighted by Gasteiger charge is -2.09. The molecule has 0 saturated heterocycles. The normalized spacial score (nSPS) is 10.3. The Labute approximate surface area is 118 Å². The van der Waals surface area contributed by atoms with Crippen LogP contribution >= 0.6 is 15.9 Å². The highest BCUT2D eigenvalue weighted by atomic mass is 79.9. The van der Waals surface area contributed by atoms with Crippen LogP contribution in [0.5, 0.6) is 0 Å². The molecule has 0 aliphatic heterocycles. The summed E-state index contributed by atoms with van der Waals surface area (Å²) in [5.41, 5.74) is 7.33. The van der Waals surface area contributed by atoms with E-state index < -0.39 is 5.82 Å². The van der Waals surface area contributed by atoms with E-state index in [1.165, 1.54) is 18.2 Å². The van der Waals surface area contributed by atoms with Gasteiger partial charge in [-0.1, -0.05) is 22.0 Å². The van der Waals surface area contributed by atoms with Crippen LogP contribution in [0.4, 0.5) is 15.8 Å². The lowest BCUT2D eigenvalue weighted by molar-refractivity contribution is 0.102. The van der Waals surface area contributed by atoms with Gasteiger partial charge in [-0.3, -0.25) is 4.79 Å². The number of benzene rings is 2. The van der Waals surface area contributed by atoms with Crippen molar-refractivity contribution in [2.75, 3.05) is 11.1 Å². The molecule has 0 fully saturated rings. The molecular weight excluding hydrogens is 311 g/mol. The predicted molar refractivity (Wildman–Crippen MR) is 77.6 cm³/mol. The van der Waals surface area contributed by atoms with E-state index in [0.717, 1.165) is 10.0 Å². The molecule has 2 aromatic rings. The molecule has 0 aliphatic rings. The summed E-state index contributed by atoms with van der Waals surface area (Å²) in [4.78, 5) is 12.1. The molecule has 1 amide bonds. The van der Waals surface area contributed by atoms with Crippen molar-refractivity contribution in [1.29, 1.82) is 0 Å². The van der Waals surface area contributed by atoms with Gasteiger partial charge in [0.2, 0.25) is 0 Å². The first-order chi connectivity index (χ1) is 8.97. The summed E-state index contributed by atoms with van der Waals surface area (Å²) in [6.45, 7) is 1.85. The molecule has 0 heterocycles. The second-order valence-electron chi connectivity index (χ2n) is 4.15. The van der Waals surface area contributed by atoms with E-state index in [0.29, 0.717) is 11.3 Å². The Hall–Kier alpha value is -1.88. The van der Waals surface area contributed by atoms with E-state index in [2.05, 4.69) is 21.2 Å². The fourth-order valence-electron chi connectivity index (χ4n) is 1.66. The number of hydrogen-bond acceptors (Lipinski definition) is 2. The summed E-state index contributed by atoms with van der Waals surface area (Å²) in [6, 6.07) is 9.52. The Balaban J connectivity index is 2.25. The molecule has 3 nitrogen and oxygen atoms in total. The number of rotatable bonds is 2. The van der Waals surface area contributed by atoms with Gasteiger partial charge in [-0.25, -0.2) is 4.39 Å². The fourth-order valence-corrected chi connectivity index (χ4v) is 2.02. The van der Waals surface area contributed by atoms with Gasteiger partial charge >= 0.3 is 0 Å². The van der Waals surface area contributed by atoms with Gasteiger partial charge in [-0.15, -0.1) is 0 Å². The highest BCUT2D eigenvalue weighted by Gasteiger charge is 2.10. The van der Waals surface area contributed by atoms with E-state index >= 15 is 0 Å². The molecule has 2 aromatic carbocycles. The number of hydrogen-bond donors (Lipinski definition) is 2. The molecule has 0 radical (unpaired) electrons. The zero-order valence-corrected chi connectivity index (χ0v) is 11.8. The Morgan fingerprint density at radius 1 is 1.26 bits per heavy atom. The van der Waals surface area contributed by atoms with Crippen molar-refractivity contribution in [3.63, 3.8) is 0 Å². The molecule has 0 aromatic heterocycles. The molecule has 3 N–H and O–H groups in total. The highest BCUT2D eigenvalue weighted by molar-refractivity contribution is 9.10. The number of aryl methyl sites for hydroxylation is 1. The van der Waals surface area contributed by atoms with Crippen LogP contribution in [0.1, 0.15) is 15.9 Å². The maximum Gasteiger partial charge on any atom is 0.255 e. The van der Waals surface area contributed by atoms with Crippen molar-refractivity contribution < 1.29 is 9.18 Å². The summed E-state index contributed by atoms with van der Waals surface area (Å²) in [7, 11) is 0. The van der Waals surface area contributed by atoms with E-state index in [4.69, 9.17) is 5.73 Å². The summed E-state index contributed by atoms with van der Waals surface area (Å²) in [5, 5.41) is 2.69. The molecule has 0 saturated carbocycles. The van der Waals surface area contributed by atoms with Crippen LogP contribution in [0.3, 0.4) is 0 Å². The lowest BCUT2D eigenvalue weighted by atomic mass is 10.1. The molecule has 0 spiro atoms. The van der Waals surface area contributed by atoms with Crippen LogP contribution in [-0.2, 0) is 0 Å². The van der Waals surface area contributed by atoms with Crippen molar-refractivity contribution in [1.82, 2.24) is 0 Å². The lowest BCUT2D eigenvalue weighted by Crippen LogP contribution is -2.13. The van der Waals surface area contributed by atoms with Gasteiger partial charge < -0.3 is 11.1 Å². The average Bonchev–Trinajstić information content (AvgIpc) is 2.36. The molecule has 0 aliphatic carbocycles.